The molecule has 0 radical (unpaired) electrons. The van der Waals surface area contributed by atoms with Gasteiger partial charge in [-0.05, 0) is 37.3 Å². The molecule has 30 heavy (non-hydrogen) atoms. The standard InChI is InChI=1S/C21H38N6O2S/c1-18(9-10-21(2,3)4)25-20(22-5)24-12-17-30(28,29)27-15-13-26(14-16-27)19-8-6-7-11-23-19/h6-8,11,18H,9-10,12-17H2,1-5H3,(H2,22,24,25). The summed E-state index contributed by atoms with van der Waals surface area (Å²) in [5, 5.41) is 6.49. The Labute approximate surface area is 182 Å². The van der Waals surface area contributed by atoms with Crippen molar-refractivity contribution in [2.45, 2.75) is 46.6 Å². The molecular formula is C21H38N6O2S. The van der Waals surface area contributed by atoms with Gasteiger partial charge >= 0.3 is 0 Å². The van der Waals surface area contributed by atoms with Crippen molar-refractivity contribution in [1.82, 2.24) is 19.9 Å². The summed E-state index contributed by atoms with van der Waals surface area (Å²) in [6.07, 6.45) is 3.90. The van der Waals surface area contributed by atoms with Crippen molar-refractivity contribution in [2.75, 3.05) is 50.4 Å². The highest BCUT2D eigenvalue weighted by molar-refractivity contribution is 7.89. The van der Waals surface area contributed by atoms with Crippen LogP contribution in [0.25, 0.3) is 0 Å². The number of sulfonamides is 1. The number of rotatable bonds is 8. The fraction of sp³-hybridized carbons (Fsp3) is 0.714. The molecule has 0 aromatic carbocycles. The summed E-state index contributed by atoms with van der Waals surface area (Å²) in [4.78, 5) is 10.7. The molecule has 170 valence electrons. The van der Waals surface area contributed by atoms with Gasteiger partial charge in [0.25, 0.3) is 0 Å². The molecule has 1 saturated heterocycles. The quantitative estimate of drug-likeness (QED) is 0.476. The van der Waals surface area contributed by atoms with E-state index in [1.165, 1.54) is 0 Å². The lowest BCUT2D eigenvalue weighted by atomic mass is 9.89. The molecule has 2 heterocycles. The number of nitrogens with one attached hydrogen (secondary N) is 2. The van der Waals surface area contributed by atoms with Crippen LogP contribution in [0.2, 0.25) is 0 Å². The molecule has 2 rings (SSSR count). The minimum absolute atomic E-state index is 0.0493. The fourth-order valence-corrected chi connectivity index (χ4v) is 4.65. The Morgan fingerprint density at radius 1 is 1.23 bits per heavy atom. The minimum Gasteiger partial charge on any atom is -0.355 e. The number of pyridine rings is 1. The third kappa shape index (κ3) is 8.10. The first kappa shape index (κ1) is 24.4. The highest BCUT2D eigenvalue weighted by Gasteiger charge is 2.27. The van der Waals surface area contributed by atoms with Gasteiger partial charge in [-0.2, -0.15) is 4.31 Å². The van der Waals surface area contributed by atoms with E-state index >= 15 is 0 Å². The number of hydrogen-bond acceptors (Lipinski definition) is 5. The van der Waals surface area contributed by atoms with Gasteiger partial charge in [0.15, 0.2) is 5.96 Å². The first-order valence-electron chi connectivity index (χ1n) is 10.7. The van der Waals surface area contributed by atoms with E-state index in [1.807, 2.05) is 18.2 Å². The molecule has 1 aliphatic heterocycles. The number of guanidine groups is 1. The predicted octanol–water partition coefficient (Wildman–Crippen LogP) is 1.91. The average molecular weight is 439 g/mol. The number of nitrogens with zero attached hydrogens (tertiary/aromatic N) is 4. The van der Waals surface area contributed by atoms with Crippen molar-refractivity contribution in [3.8, 4) is 0 Å². The zero-order valence-corrected chi connectivity index (χ0v) is 19.9. The summed E-state index contributed by atoms with van der Waals surface area (Å²) in [6.45, 7) is 11.4. The van der Waals surface area contributed by atoms with E-state index in [0.717, 1.165) is 18.7 Å². The topological polar surface area (TPSA) is 89.9 Å². The molecule has 0 aliphatic carbocycles. The second kappa shape index (κ2) is 10.9. The summed E-state index contributed by atoms with van der Waals surface area (Å²) in [7, 11) is -1.60. The maximum atomic E-state index is 12.7. The molecule has 0 amide bonds. The Bertz CT molecular complexity index is 768. The van der Waals surface area contributed by atoms with Crippen LogP contribution in [0.3, 0.4) is 0 Å². The Morgan fingerprint density at radius 3 is 2.50 bits per heavy atom. The van der Waals surface area contributed by atoms with Gasteiger partial charge in [-0.1, -0.05) is 26.8 Å². The third-order valence-corrected chi connectivity index (χ3v) is 7.06. The van der Waals surface area contributed by atoms with Crippen molar-refractivity contribution in [2.24, 2.45) is 10.4 Å². The second-order valence-corrected chi connectivity index (χ2v) is 11.1. The SMILES string of the molecule is CN=C(NCCS(=O)(=O)N1CCN(c2ccccn2)CC1)NC(C)CCC(C)(C)C. The van der Waals surface area contributed by atoms with Gasteiger partial charge in [-0.15, -0.1) is 0 Å². The molecule has 1 fully saturated rings. The van der Waals surface area contributed by atoms with Crippen LogP contribution in [0.4, 0.5) is 5.82 Å². The van der Waals surface area contributed by atoms with Crippen LogP contribution in [0.5, 0.6) is 0 Å². The molecule has 1 aromatic heterocycles. The van der Waals surface area contributed by atoms with Crippen LogP contribution < -0.4 is 15.5 Å². The van der Waals surface area contributed by atoms with Crippen LogP contribution in [-0.2, 0) is 10.0 Å². The first-order chi connectivity index (χ1) is 14.1. The van der Waals surface area contributed by atoms with E-state index < -0.39 is 10.0 Å². The minimum atomic E-state index is -3.31. The summed E-state index contributed by atoms with van der Waals surface area (Å²) >= 11 is 0. The molecular weight excluding hydrogens is 400 g/mol. The largest absolute Gasteiger partial charge is 0.355 e. The molecule has 9 heteroatoms. The van der Waals surface area contributed by atoms with Crippen molar-refractivity contribution < 1.29 is 8.42 Å². The van der Waals surface area contributed by atoms with Gasteiger partial charge < -0.3 is 15.5 Å². The zero-order valence-electron chi connectivity index (χ0n) is 19.1. The first-order valence-corrected chi connectivity index (χ1v) is 12.3. The van der Waals surface area contributed by atoms with Crippen LogP contribution in [0.15, 0.2) is 29.4 Å². The van der Waals surface area contributed by atoms with Gasteiger partial charge in [0.05, 0.1) is 5.75 Å². The highest BCUT2D eigenvalue weighted by Crippen LogP contribution is 2.21. The van der Waals surface area contributed by atoms with Crippen molar-refractivity contribution >= 4 is 21.8 Å². The molecule has 0 spiro atoms. The van der Waals surface area contributed by atoms with Crippen LogP contribution in [0.1, 0.15) is 40.5 Å². The monoisotopic (exact) mass is 438 g/mol. The number of aromatic nitrogens is 1. The normalized spacial score (nSPS) is 17.6. The summed E-state index contributed by atoms with van der Waals surface area (Å²) in [5.41, 5.74) is 0.293. The Hall–Kier alpha value is -1.87. The van der Waals surface area contributed by atoms with Crippen molar-refractivity contribution in [1.29, 1.82) is 0 Å². The van der Waals surface area contributed by atoms with Crippen LogP contribution in [-0.4, -0.2) is 75.2 Å². The number of aliphatic imine (C=N–C) groups is 1. The van der Waals surface area contributed by atoms with E-state index in [0.29, 0.717) is 44.1 Å². The molecule has 2 N–H and O–H groups in total. The lowest BCUT2D eigenvalue weighted by Crippen LogP contribution is -2.51. The van der Waals surface area contributed by atoms with Gasteiger partial charge in [-0.3, -0.25) is 4.99 Å². The van der Waals surface area contributed by atoms with Gasteiger partial charge in [-0.25, -0.2) is 13.4 Å². The maximum Gasteiger partial charge on any atom is 0.215 e. The third-order valence-electron chi connectivity index (χ3n) is 5.19. The van der Waals surface area contributed by atoms with Gasteiger partial charge in [0, 0.05) is 52.0 Å². The highest BCUT2D eigenvalue weighted by atomic mass is 32.2. The van der Waals surface area contributed by atoms with Crippen molar-refractivity contribution in [3.63, 3.8) is 0 Å². The number of piperazine rings is 1. The van der Waals surface area contributed by atoms with Crippen LogP contribution in [0, 0.1) is 5.41 Å². The van der Waals surface area contributed by atoms with E-state index in [9.17, 15) is 8.42 Å². The molecule has 1 atom stereocenters. The summed E-state index contributed by atoms with van der Waals surface area (Å²) in [6, 6.07) is 6.05. The molecule has 0 bridgehead atoms. The van der Waals surface area contributed by atoms with E-state index in [2.05, 4.69) is 53.2 Å². The van der Waals surface area contributed by atoms with E-state index in [4.69, 9.17) is 0 Å². The molecule has 1 aromatic rings. The second-order valence-electron chi connectivity index (χ2n) is 9.03. The van der Waals surface area contributed by atoms with E-state index in [1.54, 1.807) is 17.5 Å². The molecule has 0 saturated carbocycles. The molecule has 1 unspecified atom stereocenters. The van der Waals surface area contributed by atoms with Gasteiger partial charge in [0.1, 0.15) is 5.82 Å². The van der Waals surface area contributed by atoms with Crippen molar-refractivity contribution in [3.05, 3.63) is 24.4 Å². The number of anilines is 1. The van der Waals surface area contributed by atoms with Crippen LogP contribution >= 0.6 is 0 Å². The van der Waals surface area contributed by atoms with Gasteiger partial charge in [0.2, 0.25) is 10.0 Å². The summed E-state index contributed by atoms with van der Waals surface area (Å²) < 4.78 is 27.0. The predicted molar refractivity (Wildman–Crippen MR) is 124 cm³/mol. The van der Waals surface area contributed by atoms with E-state index in [-0.39, 0.29) is 11.8 Å². The average Bonchev–Trinajstić information content (AvgIpc) is 2.71. The lowest BCUT2D eigenvalue weighted by Gasteiger charge is -2.34. The Balaban J connectivity index is 1.75. The lowest BCUT2D eigenvalue weighted by molar-refractivity contribution is 0.346. The smallest absolute Gasteiger partial charge is 0.215 e. The summed E-state index contributed by atoms with van der Waals surface area (Å²) in [5.74, 6) is 1.59. The Kier molecular flexibility index (Phi) is 8.91. The molecule has 1 aliphatic rings. The Morgan fingerprint density at radius 2 is 1.93 bits per heavy atom. The fourth-order valence-electron chi connectivity index (χ4n) is 3.31. The molecule has 8 nitrogen and oxygen atoms in total. The zero-order chi connectivity index (χ0) is 22.2. The maximum absolute atomic E-state index is 12.7. The number of hydrogen-bond donors (Lipinski definition) is 2.